The predicted molar refractivity (Wildman–Crippen MR) is 53.2 cm³/mol. The average Bonchev–Trinajstić information content (AvgIpc) is 2.63. The molecular weight excluding hydrogens is 206 g/mol. The number of carbonyl (C=O) groups is 1. The van der Waals surface area contributed by atoms with E-state index in [4.69, 9.17) is 5.21 Å². The van der Waals surface area contributed by atoms with Crippen LogP contribution in [0.25, 0.3) is 0 Å². The van der Waals surface area contributed by atoms with E-state index in [9.17, 15) is 4.79 Å². The molecule has 13 heavy (non-hydrogen) atoms. The van der Waals surface area contributed by atoms with E-state index < -0.39 is 0 Å². The Hall–Kier alpha value is -0.520. The molecule has 0 bridgehead atoms. The van der Waals surface area contributed by atoms with Crippen LogP contribution in [0.2, 0.25) is 0 Å². The van der Waals surface area contributed by atoms with Crippen LogP contribution in [-0.4, -0.2) is 16.9 Å². The number of carbonyl (C=O) groups excluding carboxylic acids is 1. The first-order chi connectivity index (χ1) is 6.33. The maximum Gasteiger partial charge on any atom is 0.260 e. The lowest BCUT2D eigenvalue weighted by Crippen LogP contribution is -2.26. The smallest absolute Gasteiger partial charge is 0.260 e. The summed E-state index contributed by atoms with van der Waals surface area (Å²) in [5.41, 5.74) is 2.77. The Balaban J connectivity index is 2.30. The molecule has 1 aliphatic heterocycles. The van der Waals surface area contributed by atoms with Gasteiger partial charge in [-0.3, -0.25) is 10.0 Å². The molecule has 1 aromatic rings. The Morgan fingerprint density at radius 1 is 1.69 bits per heavy atom. The topological polar surface area (TPSA) is 49.3 Å². The SMILES string of the molecule is O=C(NO)C1SCCc2sccc21. The summed E-state index contributed by atoms with van der Waals surface area (Å²) >= 11 is 3.26. The number of hydrogen-bond acceptors (Lipinski definition) is 4. The largest absolute Gasteiger partial charge is 0.289 e. The van der Waals surface area contributed by atoms with Crippen molar-refractivity contribution in [1.29, 1.82) is 0 Å². The van der Waals surface area contributed by atoms with E-state index in [-0.39, 0.29) is 11.2 Å². The molecule has 0 saturated heterocycles. The highest BCUT2D eigenvalue weighted by molar-refractivity contribution is 8.00. The van der Waals surface area contributed by atoms with Gasteiger partial charge in [-0.25, -0.2) is 5.48 Å². The molecule has 3 nitrogen and oxygen atoms in total. The Kier molecular flexibility index (Phi) is 2.57. The molecule has 0 aliphatic carbocycles. The number of thioether (sulfide) groups is 1. The Morgan fingerprint density at radius 2 is 2.54 bits per heavy atom. The van der Waals surface area contributed by atoms with Gasteiger partial charge in [-0.15, -0.1) is 23.1 Å². The van der Waals surface area contributed by atoms with Gasteiger partial charge in [0, 0.05) is 4.88 Å². The second-order valence-electron chi connectivity index (χ2n) is 2.78. The number of nitrogens with one attached hydrogen (secondary N) is 1. The van der Waals surface area contributed by atoms with Crippen LogP contribution in [0.4, 0.5) is 0 Å². The predicted octanol–water partition coefficient (Wildman–Crippen LogP) is 1.58. The van der Waals surface area contributed by atoms with E-state index in [2.05, 4.69) is 0 Å². The molecule has 1 atom stereocenters. The molecule has 1 aromatic heterocycles. The standard InChI is InChI=1S/C8H9NO2S2/c10-8(9-11)7-5-1-3-12-6(5)2-4-13-7/h1,3,7,11H,2,4H2,(H,9,10). The molecule has 0 aromatic carbocycles. The summed E-state index contributed by atoms with van der Waals surface area (Å²) in [6, 6.07) is 1.96. The summed E-state index contributed by atoms with van der Waals surface area (Å²) in [6.45, 7) is 0. The Morgan fingerprint density at radius 3 is 3.31 bits per heavy atom. The Labute approximate surface area is 84.1 Å². The third-order valence-corrected chi connectivity index (χ3v) is 4.26. The molecule has 2 rings (SSSR count). The van der Waals surface area contributed by atoms with Crippen LogP contribution in [0.1, 0.15) is 15.7 Å². The zero-order chi connectivity index (χ0) is 9.26. The first kappa shape index (κ1) is 9.05. The molecular formula is C8H9NO2S2. The third kappa shape index (κ3) is 1.59. The number of fused-ring (bicyclic) bond motifs is 1. The second-order valence-corrected chi connectivity index (χ2v) is 4.99. The van der Waals surface area contributed by atoms with Gasteiger partial charge in [-0.1, -0.05) is 0 Å². The van der Waals surface area contributed by atoms with Gasteiger partial charge >= 0.3 is 0 Å². The van der Waals surface area contributed by atoms with Crippen LogP contribution in [0.15, 0.2) is 11.4 Å². The number of rotatable bonds is 1. The minimum atomic E-state index is -0.315. The number of thiophene rings is 1. The molecule has 1 amide bonds. The van der Waals surface area contributed by atoms with Crippen LogP contribution in [0.5, 0.6) is 0 Å². The van der Waals surface area contributed by atoms with E-state index in [1.807, 2.05) is 11.4 Å². The van der Waals surface area contributed by atoms with Gasteiger partial charge in [0.2, 0.25) is 0 Å². The van der Waals surface area contributed by atoms with Gasteiger partial charge in [-0.2, -0.15) is 0 Å². The van der Waals surface area contributed by atoms with Crippen molar-refractivity contribution in [2.75, 3.05) is 5.75 Å². The minimum Gasteiger partial charge on any atom is -0.289 e. The zero-order valence-electron chi connectivity index (χ0n) is 6.82. The van der Waals surface area contributed by atoms with Crippen molar-refractivity contribution in [2.24, 2.45) is 0 Å². The van der Waals surface area contributed by atoms with E-state index in [0.717, 1.165) is 17.7 Å². The van der Waals surface area contributed by atoms with Crippen LogP contribution in [0.3, 0.4) is 0 Å². The van der Waals surface area contributed by atoms with Gasteiger partial charge in [0.25, 0.3) is 5.91 Å². The van der Waals surface area contributed by atoms with Crippen molar-refractivity contribution < 1.29 is 10.0 Å². The van der Waals surface area contributed by atoms with E-state index >= 15 is 0 Å². The molecule has 70 valence electrons. The lowest BCUT2D eigenvalue weighted by molar-refractivity contribution is -0.128. The van der Waals surface area contributed by atoms with Crippen molar-refractivity contribution >= 4 is 29.0 Å². The number of amides is 1. The van der Waals surface area contributed by atoms with E-state index in [1.165, 1.54) is 4.88 Å². The third-order valence-electron chi connectivity index (χ3n) is 2.02. The molecule has 0 saturated carbocycles. The molecule has 1 unspecified atom stereocenters. The summed E-state index contributed by atoms with van der Waals surface area (Å²) < 4.78 is 0. The normalized spacial score (nSPS) is 20.8. The van der Waals surface area contributed by atoms with Crippen LogP contribution in [0, 0.1) is 0 Å². The molecule has 1 aliphatic rings. The van der Waals surface area contributed by atoms with Crippen LogP contribution in [-0.2, 0) is 11.2 Å². The van der Waals surface area contributed by atoms with Crippen molar-refractivity contribution in [3.05, 3.63) is 21.9 Å². The summed E-state index contributed by atoms with van der Waals surface area (Å²) in [4.78, 5) is 12.5. The van der Waals surface area contributed by atoms with Crippen molar-refractivity contribution in [3.8, 4) is 0 Å². The summed E-state index contributed by atoms with van der Waals surface area (Å²) in [6.07, 6.45) is 1.03. The quantitative estimate of drug-likeness (QED) is 0.552. The minimum absolute atomic E-state index is 0.222. The van der Waals surface area contributed by atoms with Gasteiger partial charge in [0.15, 0.2) is 0 Å². The second kappa shape index (κ2) is 3.69. The highest BCUT2D eigenvalue weighted by Crippen LogP contribution is 2.39. The van der Waals surface area contributed by atoms with E-state index in [0.29, 0.717) is 0 Å². The fourth-order valence-electron chi connectivity index (χ4n) is 1.42. The van der Waals surface area contributed by atoms with Crippen molar-refractivity contribution in [3.63, 3.8) is 0 Å². The number of hydrogen-bond donors (Lipinski definition) is 2. The monoisotopic (exact) mass is 215 g/mol. The number of aryl methyl sites for hydroxylation is 1. The number of hydroxylamine groups is 1. The Bertz CT molecular complexity index is 324. The zero-order valence-corrected chi connectivity index (χ0v) is 8.45. The summed E-state index contributed by atoms with van der Waals surface area (Å²) in [5, 5.41) is 10.3. The highest BCUT2D eigenvalue weighted by atomic mass is 32.2. The fraction of sp³-hybridized carbons (Fsp3) is 0.375. The molecule has 0 fully saturated rings. The van der Waals surface area contributed by atoms with E-state index in [1.54, 1.807) is 28.6 Å². The molecule has 2 N–H and O–H groups in total. The highest BCUT2D eigenvalue weighted by Gasteiger charge is 2.27. The first-order valence-corrected chi connectivity index (χ1v) is 5.87. The first-order valence-electron chi connectivity index (χ1n) is 3.94. The summed E-state index contributed by atoms with van der Waals surface area (Å²) in [5.74, 6) is 0.635. The van der Waals surface area contributed by atoms with Gasteiger partial charge in [-0.05, 0) is 29.2 Å². The maximum absolute atomic E-state index is 11.3. The van der Waals surface area contributed by atoms with Crippen molar-refractivity contribution in [2.45, 2.75) is 11.7 Å². The lowest BCUT2D eigenvalue weighted by atomic mass is 10.1. The fourth-order valence-corrected chi connectivity index (χ4v) is 3.71. The van der Waals surface area contributed by atoms with Crippen LogP contribution < -0.4 is 5.48 Å². The van der Waals surface area contributed by atoms with Gasteiger partial charge in [0.1, 0.15) is 5.25 Å². The van der Waals surface area contributed by atoms with Gasteiger partial charge in [0.05, 0.1) is 0 Å². The maximum atomic E-state index is 11.3. The average molecular weight is 215 g/mol. The van der Waals surface area contributed by atoms with Crippen LogP contribution >= 0.6 is 23.1 Å². The summed E-state index contributed by atoms with van der Waals surface area (Å²) in [7, 11) is 0. The molecule has 0 radical (unpaired) electrons. The lowest BCUT2D eigenvalue weighted by Gasteiger charge is -2.19. The van der Waals surface area contributed by atoms with Gasteiger partial charge < -0.3 is 0 Å². The molecule has 0 spiro atoms. The van der Waals surface area contributed by atoms with Crippen molar-refractivity contribution in [1.82, 2.24) is 5.48 Å². The molecule has 2 heterocycles. The molecule has 5 heteroatoms.